The van der Waals surface area contributed by atoms with Crippen LogP contribution in [-0.2, 0) is 14.3 Å². The fourth-order valence-electron chi connectivity index (χ4n) is 4.26. The summed E-state index contributed by atoms with van der Waals surface area (Å²) in [7, 11) is 0. The van der Waals surface area contributed by atoms with E-state index in [-0.39, 0.29) is 17.2 Å². The molecule has 1 aliphatic carbocycles. The standard InChI is InChI=1S/C26H30ClNO5/c1-16(2)20-12-11-17(3)13-23(20)33-26(31)22-10-5-4-9-21(22)25(30)32-15-24(29)28-19-8-6-7-18(27)14-19/h4-10,14,16-17,20,23H,11-13,15H2,1-3H3,(H,28,29)/t17-,20+,23-/m1/s1. The number of anilines is 1. The molecule has 1 saturated carbocycles. The normalized spacial score (nSPS) is 20.2. The highest BCUT2D eigenvalue weighted by Crippen LogP contribution is 2.35. The van der Waals surface area contributed by atoms with Crippen LogP contribution < -0.4 is 5.32 Å². The molecule has 0 saturated heterocycles. The van der Waals surface area contributed by atoms with Gasteiger partial charge in [0.1, 0.15) is 6.10 Å². The number of halogens is 1. The molecule has 0 spiro atoms. The third-order valence-corrected chi connectivity index (χ3v) is 6.26. The van der Waals surface area contributed by atoms with Gasteiger partial charge in [-0.15, -0.1) is 0 Å². The van der Waals surface area contributed by atoms with Gasteiger partial charge in [-0.2, -0.15) is 0 Å². The summed E-state index contributed by atoms with van der Waals surface area (Å²) in [4.78, 5) is 37.8. The van der Waals surface area contributed by atoms with Crippen molar-refractivity contribution in [2.24, 2.45) is 17.8 Å². The SMILES string of the molecule is CC(C)[C@@H]1CC[C@@H](C)C[C@H]1OC(=O)c1ccccc1C(=O)OCC(=O)Nc1cccc(Cl)c1. The van der Waals surface area contributed by atoms with E-state index in [4.69, 9.17) is 21.1 Å². The van der Waals surface area contributed by atoms with Gasteiger partial charge in [0.05, 0.1) is 11.1 Å². The van der Waals surface area contributed by atoms with Gasteiger partial charge in [0, 0.05) is 10.7 Å². The van der Waals surface area contributed by atoms with Crippen molar-refractivity contribution >= 4 is 35.1 Å². The van der Waals surface area contributed by atoms with Crippen LogP contribution in [0.25, 0.3) is 0 Å². The van der Waals surface area contributed by atoms with Gasteiger partial charge in [0.25, 0.3) is 5.91 Å². The minimum atomic E-state index is -0.763. The second kappa shape index (κ2) is 11.3. The van der Waals surface area contributed by atoms with Crippen LogP contribution in [0, 0.1) is 17.8 Å². The van der Waals surface area contributed by atoms with Gasteiger partial charge < -0.3 is 14.8 Å². The first-order chi connectivity index (χ1) is 15.7. The maximum absolute atomic E-state index is 13.0. The first-order valence-electron chi connectivity index (χ1n) is 11.3. The van der Waals surface area contributed by atoms with Crippen LogP contribution in [0.1, 0.15) is 60.7 Å². The van der Waals surface area contributed by atoms with Gasteiger partial charge in [-0.05, 0) is 60.9 Å². The molecule has 1 fully saturated rings. The van der Waals surface area contributed by atoms with Crippen molar-refractivity contribution in [2.75, 3.05) is 11.9 Å². The summed E-state index contributed by atoms with van der Waals surface area (Å²) in [6.45, 7) is 5.95. The van der Waals surface area contributed by atoms with E-state index in [2.05, 4.69) is 26.1 Å². The van der Waals surface area contributed by atoms with Gasteiger partial charge in [-0.3, -0.25) is 4.79 Å². The summed E-state index contributed by atoms with van der Waals surface area (Å²) in [5, 5.41) is 3.08. The van der Waals surface area contributed by atoms with Gasteiger partial charge >= 0.3 is 11.9 Å². The average Bonchev–Trinajstić information content (AvgIpc) is 2.77. The molecule has 0 unspecified atom stereocenters. The highest BCUT2D eigenvalue weighted by molar-refractivity contribution is 6.30. The molecule has 1 amide bonds. The predicted molar refractivity (Wildman–Crippen MR) is 127 cm³/mol. The lowest BCUT2D eigenvalue weighted by molar-refractivity contribution is -0.119. The molecule has 0 aromatic heterocycles. The third-order valence-electron chi connectivity index (χ3n) is 6.03. The molecule has 0 aliphatic heterocycles. The molecule has 0 bridgehead atoms. The van der Waals surface area contributed by atoms with Crippen molar-refractivity contribution < 1.29 is 23.9 Å². The molecule has 3 atom stereocenters. The molecule has 176 valence electrons. The van der Waals surface area contributed by atoms with Gasteiger partial charge in [0.2, 0.25) is 0 Å². The van der Waals surface area contributed by atoms with Crippen LogP contribution in [0.5, 0.6) is 0 Å². The van der Waals surface area contributed by atoms with Crippen molar-refractivity contribution in [2.45, 2.75) is 46.1 Å². The first kappa shape index (κ1) is 24.8. The molecule has 6 nitrogen and oxygen atoms in total. The monoisotopic (exact) mass is 471 g/mol. The quantitative estimate of drug-likeness (QED) is 0.519. The molecule has 0 radical (unpaired) electrons. The Bertz CT molecular complexity index is 1010. The number of carbonyl (C=O) groups is 3. The zero-order valence-corrected chi connectivity index (χ0v) is 19.9. The lowest BCUT2D eigenvalue weighted by atomic mass is 9.75. The highest BCUT2D eigenvalue weighted by atomic mass is 35.5. The average molecular weight is 472 g/mol. The maximum Gasteiger partial charge on any atom is 0.339 e. The van der Waals surface area contributed by atoms with E-state index in [0.29, 0.717) is 28.5 Å². The zero-order chi connectivity index (χ0) is 24.0. The van der Waals surface area contributed by atoms with E-state index < -0.39 is 24.5 Å². The molecule has 33 heavy (non-hydrogen) atoms. The smallest absolute Gasteiger partial charge is 0.339 e. The summed E-state index contributed by atoms with van der Waals surface area (Å²) >= 11 is 5.91. The number of hydrogen-bond donors (Lipinski definition) is 1. The van der Waals surface area contributed by atoms with Crippen LogP contribution in [0.2, 0.25) is 5.02 Å². The number of esters is 2. The fraction of sp³-hybridized carbons (Fsp3) is 0.423. The van der Waals surface area contributed by atoms with Crippen molar-refractivity contribution in [1.29, 1.82) is 0 Å². The number of hydrogen-bond acceptors (Lipinski definition) is 5. The maximum atomic E-state index is 13.0. The highest BCUT2D eigenvalue weighted by Gasteiger charge is 2.34. The van der Waals surface area contributed by atoms with E-state index in [0.717, 1.165) is 19.3 Å². The van der Waals surface area contributed by atoms with Gasteiger partial charge in [0.15, 0.2) is 6.61 Å². The summed E-state index contributed by atoms with van der Waals surface area (Å²) in [5.41, 5.74) is 0.704. The number of ether oxygens (including phenoxy) is 2. The summed E-state index contributed by atoms with van der Waals surface area (Å²) in [6, 6.07) is 13.0. The second-order valence-electron chi connectivity index (χ2n) is 8.95. The van der Waals surface area contributed by atoms with Crippen LogP contribution in [-0.4, -0.2) is 30.6 Å². The third kappa shape index (κ3) is 6.81. The summed E-state index contributed by atoms with van der Waals surface area (Å²) in [5.74, 6) is -0.650. The number of benzene rings is 2. The molecule has 1 aliphatic rings. The Kier molecular flexibility index (Phi) is 8.50. The van der Waals surface area contributed by atoms with Crippen LogP contribution >= 0.6 is 11.6 Å². The van der Waals surface area contributed by atoms with Crippen molar-refractivity contribution in [3.05, 3.63) is 64.7 Å². The first-order valence-corrected chi connectivity index (χ1v) is 11.6. The van der Waals surface area contributed by atoms with E-state index in [9.17, 15) is 14.4 Å². The van der Waals surface area contributed by atoms with Crippen LogP contribution in [0.15, 0.2) is 48.5 Å². The summed E-state index contributed by atoms with van der Waals surface area (Å²) in [6.07, 6.45) is 2.76. The lowest BCUT2D eigenvalue weighted by Crippen LogP contribution is -2.36. The Morgan fingerprint density at radius 1 is 1.03 bits per heavy atom. The van der Waals surface area contributed by atoms with Gasteiger partial charge in [-0.25, -0.2) is 9.59 Å². The Labute approximate surface area is 199 Å². The minimum Gasteiger partial charge on any atom is -0.458 e. The molecule has 7 heteroatoms. The Morgan fingerprint density at radius 2 is 1.73 bits per heavy atom. The van der Waals surface area contributed by atoms with Gasteiger partial charge in [-0.1, -0.05) is 57.0 Å². The fourth-order valence-corrected chi connectivity index (χ4v) is 4.45. The van der Waals surface area contributed by atoms with E-state index in [1.165, 1.54) is 6.07 Å². The topological polar surface area (TPSA) is 81.7 Å². The largest absolute Gasteiger partial charge is 0.458 e. The minimum absolute atomic E-state index is 0.0722. The molecule has 3 rings (SSSR count). The molecule has 1 N–H and O–H groups in total. The summed E-state index contributed by atoms with van der Waals surface area (Å²) < 4.78 is 11.0. The molecular weight excluding hydrogens is 442 g/mol. The molecule has 0 heterocycles. The molecule has 2 aromatic carbocycles. The number of rotatable bonds is 7. The van der Waals surface area contributed by atoms with E-state index >= 15 is 0 Å². The van der Waals surface area contributed by atoms with Crippen molar-refractivity contribution in [3.8, 4) is 0 Å². The van der Waals surface area contributed by atoms with Crippen LogP contribution in [0.3, 0.4) is 0 Å². The Morgan fingerprint density at radius 3 is 2.39 bits per heavy atom. The number of amides is 1. The van der Waals surface area contributed by atoms with E-state index in [1.807, 2.05) is 0 Å². The zero-order valence-electron chi connectivity index (χ0n) is 19.2. The predicted octanol–water partition coefficient (Wildman–Crippen LogP) is 5.75. The second-order valence-corrected chi connectivity index (χ2v) is 9.39. The van der Waals surface area contributed by atoms with Crippen molar-refractivity contribution in [3.63, 3.8) is 0 Å². The molecule has 2 aromatic rings. The van der Waals surface area contributed by atoms with E-state index in [1.54, 1.807) is 42.5 Å². The molecular formula is C26H30ClNO5. The lowest BCUT2D eigenvalue weighted by Gasteiger charge is -2.36. The Balaban J connectivity index is 1.64. The van der Waals surface area contributed by atoms with Crippen molar-refractivity contribution in [1.82, 2.24) is 0 Å². The number of nitrogens with one attached hydrogen (secondary N) is 1. The van der Waals surface area contributed by atoms with Crippen LogP contribution in [0.4, 0.5) is 5.69 Å². The Hall–Kier alpha value is -2.86. The number of carbonyl (C=O) groups excluding carboxylic acids is 3.